The maximum Gasteiger partial charge on any atom is 0.226 e. The van der Waals surface area contributed by atoms with Gasteiger partial charge in [0.15, 0.2) is 5.13 Å². The summed E-state index contributed by atoms with van der Waals surface area (Å²) in [7, 11) is 0. The molecule has 0 saturated heterocycles. The zero-order valence-electron chi connectivity index (χ0n) is 17.8. The van der Waals surface area contributed by atoms with Gasteiger partial charge in [-0.25, -0.2) is 4.98 Å². The second kappa shape index (κ2) is 10.3. The summed E-state index contributed by atoms with van der Waals surface area (Å²) >= 11 is 1.38. The van der Waals surface area contributed by atoms with Crippen LogP contribution in [-0.4, -0.2) is 30.0 Å². The fourth-order valence-corrected chi connectivity index (χ4v) is 4.27. The van der Waals surface area contributed by atoms with Crippen LogP contribution in [0.3, 0.4) is 0 Å². The van der Waals surface area contributed by atoms with Crippen LogP contribution in [0, 0.1) is 0 Å². The first-order valence-electron chi connectivity index (χ1n) is 10.6. The molecule has 1 atom stereocenters. The Kier molecular flexibility index (Phi) is 7.01. The highest BCUT2D eigenvalue weighted by atomic mass is 32.1. The van der Waals surface area contributed by atoms with Gasteiger partial charge in [0.1, 0.15) is 11.5 Å². The molecule has 0 spiro atoms. The highest BCUT2D eigenvalue weighted by Crippen LogP contribution is 2.36. The van der Waals surface area contributed by atoms with Crippen LogP contribution in [0.4, 0.5) is 5.13 Å². The monoisotopic (exact) mass is 451 g/mol. The Morgan fingerprint density at radius 2 is 2.06 bits per heavy atom. The summed E-state index contributed by atoms with van der Waals surface area (Å²) in [5.41, 5.74) is 2.63. The van der Waals surface area contributed by atoms with Crippen LogP contribution in [0.15, 0.2) is 53.9 Å². The smallest absolute Gasteiger partial charge is 0.226 e. The Labute approximate surface area is 190 Å². The van der Waals surface area contributed by atoms with Crippen molar-refractivity contribution >= 4 is 28.3 Å². The first-order chi connectivity index (χ1) is 15.6. The van der Waals surface area contributed by atoms with Crippen LogP contribution in [0.25, 0.3) is 11.3 Å². The van der Waals surface area contributed by atoms with Gasteiger partial charge in [-0.15, -0.1) is 11.3 Å². The van der Waals surface area contributed by atoms with Crippen molar-refractivity contribution in [2.24, 2.45) is 0 Å². The Bertz CT molecular complexity index is 1080. The second-order valence-corrected chi connectivity index (χ2v) is 8.35. The van der Waals surface area contributed by atoms with Gasteiger partial charge in [-0.3, -0.25) is 9.59 Å². The molecule has 7 nitrogen and oxygen atoms in total. The van der Waals surface area contributed by atoms with Gasteiger partial charge in [0.05, 0.1) is 24.9 Å². The Morgan fingerprint density at radius 3 is 2.88 bits per heavy atom. The predicted octanol–water partition coefficient (Wildman–Crippen LogP) is 4.57. The lowest BCUT2D eigenvalue weighted by molar-refractivity contribution is -0.120. The van der Waals surface area contributed by atoms with E-state index in [4.69, 9.17) is 9.47 Å². The summed E-state index contributed by atoms with van der Waals surface area (Å²) in [5, 5.41) is 8.30. The number of amides is 2. The SMILES string of the molecule is CC(=O)NC1CCOc2ccc(-c3csc(NC(=O)CCCOc4ccccc4)n3)cc21. The number of hydrogen-bond acceptors (Lipinski definition) is 6. The van der Waals surface area contributed by atoms with Crippen molar-refractivity contribution in [1.82, 2.24) is 10.3 Å². The number of fused-ring (bicyclic) bond motifs is 1. The van der Waals surface area contributed by atoms with Crippen molar-refractivity contribution in [1.29, 1.82) is 0 Å². The number of thiazole rings is 1. The topological polar surface area (TPSA) is 89.6 Å². The number of anilines is 1. The first kappa shape index (κ1) is 21.8. The molecule has 1 unspecified atom stereocenters. The molecule has 3 aromatic rings. The molecule has 8 heteroatoms. The maximum atomic E-state index is 12.3. The molecule has 2 aromatic carbocycles. The molecular weight excluding hydrogens is 426 g/mol. The zero-order valence-corrected chi connectivity index (χ0v) is 18.6. The summed E-state index contributed by atoms with van der Waals surface area (Å²) in [5.74, 6) is 1.42. The van der Waals surface area contributed by atoms with Crippen molar-refractivity contribution in [2.75, 3.05) is 18.5 Å². The maximum absolute atomic E-state index is 12.3. The van der Waals surface area contributed by atoms with E-state index in [-0.39, 0.29) is 17.9 Å². The Morgan fingerprint density at radius 1 is 1.22 bits per heavy atom. The van der Waals surface area contributed by atoms with E-state index in [0.29, 0.717) is 31.2 Å². The minimum Gasteiger partial charge on any atom is -0.494 e. The number of rotatable bonds is 8. The summed E-state index contributed by atoms with van der Waals surface area (Å²) in [6, 6.07) is 15.3. The number of nitrogens with zero attached hydrogens (tertiary/aromatic N) is 1. The average molecular weight is 452 g/mol. The van der Waals surface area contributed by atoms with E-state index in [1.165, 1.54) is 18.3 Å². The number of carbonyl (C=O) groups excluding carboxylic acids is 2. The minimum absolute atomic E-state index is 0.0684. The van der Waals surface area contributed by atoms with Crippen molar-refractivity contribution < 1.29 is 19.1 Å². The van der Waals surface area contributed by atoms with Crippen LogP contribution in [0.1, 0.15) is 37.8 Å². The molecule has 4 rings (SSSR count). The zero-order chi connectivity index (χ0) is 22.3. The molecule has 2 heterocycles. The van der Waals surface area contributed by atoms with Crippen LogP contribution < -0.4 is 20.1 Å². The number of hydrogen-bond donors (Lipinski definition) is 2. The largest absolute Gasteiger partial charge is 0.494 e. The molecule has 2 amide bonds. The van der Waals surface area contributed by atoms with E-state index in [1.807, 2.05) is 53.9 Å². The van der Waals surface area contributed by atoms with E-state index in [9.17, 15) is 9.59 Å². The number of carbonyl (C=O) groups is 2. The second-order valence-electron chi connectivity index (χ2n) is 7.49. The van der Waals surface area contributed by atoms with Gasteiger partial charge in [0.25, 0.3) is 0 Å². The molecule has 166 valence electrons. The summed E-state index contributed by atoms with van der Waals surface area (Å²) < 4.78 is 11.3. The van der Waals surface area contributed by atoms with Gasteiger partial charge in [0, 0.05) is 36.3 Å². The lowest BCUT2D eigenvalue weighted by Gasteiger charge is -2.26. The highest BCUT2D eigenvalue weighted by molar-refractivity contribution is 7.14. The van der Waals surface area contributed by atoms with Crippen LogP contribution in [0.5, 0.6) is 11.5 Å². The fourth-order valence-electron chi connectivity index (χ4n) is 3.53. The van der Waals surface area contributed by atoms with Crippen LogP contribution in [-0.2, 0) is 9.59 Å². The van der Waals surface area contributed by atoms with Gasteiger partial charge in [-0.2, -0.15) is 0 Å². The lowest BCUT2D eigenvalue weighted by atomic mass is 9.97. The quantitative estimate of drug-likeness (QED) is 0.490. The summed E-state index contributed by atoms with van der Waals surface area (Å²) in [6.07, 6.45) is 1.70. The molecular formula is C24H25N3O4S. The molecule has 0 aliphatic carbocycles. The third kappa shape index (κ3) is 5.64. The fraction of sp³-hybridized carbons (Fsp3) is 0.292. The molecule has 0 radical (unpaired) electrons. The first-order valence-corrected chi connectivity index (χ1v) is 11.4. The minimum atomic E-state index is -0.0906. The Hall–Kier alpha value is -3.39. The number of nitrogens with one attached hydrogen (secondary N) is 2. The van der Waals surface area contributed by atoms with Crippen molar-refractivity contribution in [2.45, 2.75) is 32.2 Å². The standard InChI is InChI=1S/C24H25N3O4S/c1-16(28)25-20-11-13-31-22-10-9-17(14-19(20)22)21-15-32-24(26-21)27-23(29)8-5-12-30-18-6-3-2-4-7-18/h2-4,6-7,9-10,14-15,20H,5,8,11-13H2,1H3,(H,25,28)(H,26,27,29). The highest BCUT2D eigenvalue weighted by Gasteiger charge is 2.23. The molecule has 1 aromatic heterocycles. The summed E-state index contributed by atoms with van der Waals surface area (Å²) in [4.78, 5) is 28.3. The third-order valence-corrected chi connectivity index (χ3v) is 5.79. The van der Waals surface area contributed by atoms with E-state index >= 15 is 0 Å². The Balaban J connectivity index is 1.33. The van der Waals surface area contributed by atoms with Gasteiger partial charge in [-0.1, -0.05) is 18.2 Å². The lowest BCUT2D eigenvalue weighted by Crippen LogP contribution is -2.30. The van der Waals surface area contributed by atoms with Crippen molar-refractivity contribution in [3.63, 3.8) is 0 Å². The van der Waals surface area contributed by atoms with E-state index < -0.39 is 0 Å². The van der Waals surface area contributed by atoms with E-state index in [0.717, 1.165) is 34.7 Å². The summed E-state index contributed by atoms with van der Waals surface area (Å²) in [6.45, 7) is 2.57. The van der Waals surface area contributed by atoms with Crippen molar-refractivity contribution in [3.8, 4) is 22.8 Å². The predicted molar refractivity (Wildman–Crippen MR) is 124 cm³/mol. The average Bonchev–Trinajstić information content (AvgIpc) is 3.25. The molecule has 1 aliphatic heterocycles. The molecule has 2 N–H and O–H groups in total. The van der Waals surface area contributed by atoms with Gasteiger partial charge < -0.3 is 20.1 Å². The molecule has 1 aliphatic rings. The third-order valence-electron chi connectivity index (χ3n) is 5.03. The molecule has 0 bridgehead atoms. The number of benzene rings is 2. The van der Waals surface area contributed by atoms with Crippen LogP contribution >= 0.6 is 11.3 Å². The molecule has 0 saturated carbocycles. The van der Waals surface area contributed by atoms with Gasteiger partial charge in [0.2, 0.25) is 11.8 Å². The number of ether oxygens (including phenoxy) is 2. The van der Waals surface area contributed by atoms with E-state index in [1.54, 1.807) is 0 Å². The van der Waals surface area contributed by atoms with Crippen molar-refractivity contribution in [3.05, 3.63) is 59.5 Å². The normalized spacial score (nSPS) is 14.7. The van der Waals surface area contributed by atoms with Gasteiger partial charge in [-0.05, 0) is 36.8 Å². The molecule has 32 heavy (non-hydrogen) atoms. The number of aromatic nitrogens is 1. The molecule has 0 fully saturated rings. The number of para-hydroxylation sites is 1. The van der Waals surface area contributed by atoms with Crippen LogP contribution in [0.2, 0.25) is 0 Å². The van der Waals surface area contributed by atoms with E-state index in [2.05, 4.69) is 15.6 Å². The van der Waals surface area contributed by atoms with Gasteiger partial charge >= 0.3 is 0 Å².